The zero-order valence-corrected chi connectivity index (χ0v) is 11.1. The molecule has 0 aliphatic carbocycles. The van der Waals surface area contributed by atoms with Crippen molar-refractivity contribution in [1.29, 1.82) is 0 Å². The van der Waals surface area contributed by atoms with E-state index < -0.39 is 5.91 Å². The van der Waals surface area contributed by atoms with Crippen LogP contribution in [0.2, 0.25) is 0 Å². The van der Waals surface area contributed by atoms with Gasteiger partial charge in [-0.15, -0.1) is 0 Å². The molecule has 1 saturated heterocycles. The maximum absolute atomic E-state index is 11.3. The summed E-state index contributed by atoms with van der Waals surface area (Å²) in [5, 5.41) is 0. The summed E-state index contributed by atoms with van der Waals surface area (Å²) < 4.78 is 16.5. The van der Waals surface area contributed by atoms with Crippen LogP contribution >= 0.6 is 0 Å². The molecule has 0 aromatic carbocycles. The third kappa shape index (κ3) is 3.79. The van der Waals surface area contributed by atoms with Crippen molar-refractivity contribution in [3.05, 3.63) is 23.2 Å². The standard InChI is InChI=1S/C13H20N2O4/c1-9-10(6-12(19-9)13(16)15-14)7-17-8-11-4-2-3-5-18-11/h6,11H,2-5,7-8,14H2,1H3,(H,15,16). The average Bonchev–Trinajstić information content (AvgIpc) is 2.81. The third-order valence-corrected chi connectivity index (χ3v) is 3.21. The number of hydrogen-bond acceptors (Lipinski definition) is 5. The third-order valence-electron chi connectivity index (χ3n) is 3.21. The molecule has 6 heteroatoms. The van der Waals surface area contributed by atoms with Gasteiger partial charge in [0, 0.05) is 12.2 Å². The van der Waals surface area contributed by atoms with Crippen molar-refractivity contribution in [2.45, 2.75) is 38.9 Å². The molecular formula is C13H20N2O4. The lowest BCUT2D eigenvalue weighted by atomic mass is 10.1. The topological polar surface area (TPSA) is 86.7 Å². The van der Waals surface area contributed by atoms with Crippen molar-refractivity contribution in [3.8, 4) is 0 Å². The second kappa shape index (κ2) is 6.70. The highest BCUT2D eigenvalue weighted by Gasteiger charge is 2.16. The number of aryl methyl sites for hydroxylation is 1. The molecule has 2 heterocycles. The fraction of sp³-hybridized carbons (Fsp3) is 0.615. The summed E-state index contributed by atoms with van der Waals surface area (Å²) in [5.41, 5.74) is 2.89. The molecule has 1 atom stereocenters. The number of furan rings is 1. The molecule has 1 amide bonds. The maximum atomic E-state index is 11.3. The number of nitrogen functional groups attached to an aromatic ring is 1. The Kier molecular flexibility index (Phi) is 4.95. The molecule has 1 aromatic heterocycles. The molecule has 1 aromatic rings. The highest BCUT2D eigenvalue weighted by molar-refractivity contribution is 5.91. The van der Waals surface area contributed by atoms with Crippen LogP contribution in [0.1, 0.15) is 41.1 Å². The molecule has 0 saturated carbocycles. The molecule has 1 unspecified atom stereocenters. The Morgan fingerprint density at radius 3 is 3.11 bits per heavy atom. The molecular weight excluding hydrogens is 248 g/mol. The van der Waals surface area contributed by atoms with Gasteiger partial charge >= 0.3 is 5.91 Å². The van der Waals surface area contributed by atoms with Crippen LogP contribution in [-0.2, 0) is 16.1 Å². The Hall–Kier alpha value is -1.37. The van der Waals surface area contributed by atoms with Crippen molar-refractivity contribution in [2.75, 3.05) is 13.2 Å². The second-order valence-corrected chi connectivity index (χ2v) is 4.67. The zero-order valence-electron chi connectivity index (χ0n) is 11.1. The fourth-order valence-electron chi connectivity index (χ4n) is 2.09. The SMILES string of the molecule is Cc1oc(C(=O)NN)cc1COCC1CCCCO1. The summed E-state index contributed by atoms with van der Waals surface area (Å²) in [4.78, 5) is 11.3. The van der Waals surface area contributed by atoms with E-state index in [9.17, 15) is 4.79 Å². The highest BCUT2D eigenvalue weighted by atomic mass is 16.5. The summed E-state index contributed by atoms with van der Waals surface area (Å²) in [6.45, 7) is 3.60. The molecule has 0 bridgehead atoms. The maximum Gasteiger partial charge on any atom is 0.300 e. The molecule has 1 fully saturated rings. The Bertz CT molecular complexity index is 424. The average molecular weight is 268 g/mol. The fourth-order valence-corrected chi connectivity index (χ4v) is 2.09. The van der Waals surface area contributed by atoms with Gasteiger partial charge in [0.25, 0.3) is 0 Å². The lowest BCUT2D eigenvalue weighted by Crippen LogP contribution is -2.29. The van der Waals surface area contributed by atoms with Crippen molar-refractivity contribution in [2.24, 2.45) is 5.84 Å². The lowest BCUT2D eigenvalue weighted by molar-refractivity contribution is -0.0449. The van der Waals surface area contributed by atoms with Crippen molar-refractivity contribution >= 4 is 5.91 Å². The molecule has 0 spiro atoms. The minimum Gasteiger partial charge on any atom is -0.456 e. The smallest absolute Gasteiger partial charge is 0.300 e. The summed E-state index contributed by atoms with van der Waals surface area (Å²) >= 11 is 0. The van der Waals surface area contributed by atoms with Gasteiger partial charge < -0.3 is 13.9 Å². The van der Waals surface area contributed by atoms with E-state index in [1.54, 1.807) is 13.0 Å². The van der Waals surface area contributed by atoms with Gasteiger partial charge in [0.15, 0.2) is 5.76 Å². The quantitative estimate of drug-likeness (QED) is 0.477. The van der Waals surface area contributed by atoms with Crippen LogP contribution in [0.3, 0.4) is 0 Å². The number of nitrogens with one attached hydrogen (secondary N) is 1. The summed E-state index contributed by atoms with van der Waals surface area (Å²) in [7, 11) is 0. The van der Waals surface area contributed by atoms with Gasteiger partial charge in [-0.05, 0) is 32.3 Å². The first kappa shape index (κ1) is 14.0. The predicted molar refractivity (Wildman–Crippen MR) is 68.3 cm³/mol. The Morgan fingerprint density at radius 2 is 2.42 bits per heavy atom. The van der Waals surface area contributed by atoms with Gasteiger partial charge in [-0.3, -0.25) is 10.2 Å². The first-order valence-electron chi connectivity index (χ1n) is 6.50. The van der Waals surface area contributed by atoms with Gasteiger partial charge in [0.1, 0.15) is 5.76 Å². The molecule has 2 rings (SSSR count). The molecule has 19 heavy (non-hydrogen) atoms. The van der Waals surface area contributed by atoms with Crippen LogP contribution in [0, 0.1) is 6.92 Å². The van der Waals surface area contributed by atoms with Gasteiger partial charge in [0.2, 0.25) is 0 Å². The van der Waals surface area contributed by atoms with E-state index in [0.717, 1.165) is 25.0 Å². The number of hydrogen-bond donors (Lipinski definition) is 2. The van der Waals surface area contributed by atoms with Crippen LogP contribution in [-0.4, -0.2) is 25.2 Å². The zero-order chi connectivity index (χ0) is 13.7. The second-order valence-electron chi connectivity index (χ2n) is 4.67. The Balaban J connectivity index is 1.82. The summed E-state index contributed by atoms with van der Waals surface area (Å²) in [6, 6.07) is 1.65. The van der Waals surface area contributed by atoms with E-state index in [2.05, 4.69) is 0 Å². The van der Waals surface area contributed by atoms with Crippen molar-refractivity contribution in [1.82, 2.24) is 5.43 Å². The normalized spacial score (nSPS) is 19.4. The molecule has 6 nitrogen and oxygen atoms in total. The van der Waals surface area contributed by atoms with Crippen molar-refractivity contribution < 1.29 is 18.7 Å². The molecule has 1 aliphatic rings. The molecule has 1 aliphatic heterocycles. The van der Waals surface area contributed by atoms with Gasteiger partial charge in [-0.2, -0.15) is 0 Å². The number of nitrogens with two attached hydrogens (primary N) is 1. The Morgan fingerprint density at radius 1 is 1.58 bits per heavy atom. The minimum atomic E-state index is -0.440. The number of amides is 1. The van der Waals surface area contributed by atoms with E-state index in [1.165, 1.54) is 6.42 Å². The highest BCUT2D eigenvalue weighted by Crippen LogP contribution is 2.17. The number of carbonyl (C=O) groups excluding carboxylic acids is 1. The van der Waals surface area contributed by atoms with Crippen LogP contribution < -0.4 is 11.3 Å². The Labute approximate surface area is 112 Å². The number of rotatable bonds is 5. The number of ether oxygens (including phenoxy) is 2. The number of hydrazine groups is 1. The van der Waals surface area contributed by atoms with Crippen LogP contribution in [0.15, 0.2) is 10.5 Å². The molecule has 0 radical (unpaired) electrons. The molecule has 3 N–H and O–H groups in total. The summed E-state index contributed by atoms with van der Waals surface area (Å²) in [6.07, 6.45) is 3.56. The van der Waals surface area contributed by atoms with Gasteiger partial charge in [0.05, 0.1) is 19.3 Å². The minimum absolute atomic E-state index is 0.188. The van der Waals surface area contributed by atoms with E-state index in [0.29, 0.717) is 19.0 Å². The van der Waals surface area contributed by atoms with Crippen LogP contribution in [0.4, 0.5) is 0 Å². The van der Waals surface area contributed by atoms with Crippen LogP contribution in [0.25, 0.3) is 0 Å². The monoisotopic (exact) mass is 268 g/mol. The first-order valence-corrected chi connectivity index (χ1v) is 6.50. The van der Waals surface area contributed by atoms with Gasteiger partial charge in [-0.1, -0.05) is 0 Å². The number of carbonyl (C=O) groups is 1. The predicted octanol–water partition coefficient (Wildman–Crippen LogP) is 1.28. The first-order chi connectivity index (χ1) is 9.20. The van der Waals surface area contributed by atoms with E-state index in [-0.39, 0.29) is 11.9 Å². The van der Waals surface area contributed by atoms with E-state index in [1.807, 2.05) is 5.43 Å². The van der Waals surface area contributed by atoms with Crippen LogP contribution in [0.5, 0.6) is 0 Å². The molecule has 106 valence electrons. The van der Waals surface area contributed by atoms with E-state index >= 15 is 0 Å². The summed E-state index contributed by atoms with van der Waals surface area (Å²) in [5.74, 6) is 5.48. The van der Waals surface area contributed by atoms with Crippen molar-refractivity contribution in [3.63, 3.8) is 0 Å². The van der Waals surface area contributed by atoms with Gasteiger partial charge in [-0.25, -0.2) is 5.84 Å². The lowest BCUT2D eigenvalue weighted by Gasteiger charge is -2.22. The largest absolute Gasteiger partial charge is 0.456 e. The van der Waals surface area contributed by atoms with E-state index in [4.69, 9.17) is 19.7 Å².